The largest absolute Gasteiger partial charge is 0.465 e. The fourth-order valence-corrected chi connectivity index (χ4v) is 3.15. The Labute approximate surface area is 167 Å². The molecule has 0 aliphatic rings. The molecule has 142 valence electrons. The second kappa shape index (κ2) is 7.49. The summed E-state index contributed by atoms with van der Waals surface area (Å²) in [6.45, 7) is 1.66. The van der Waals surface area contributed by atoms with E-state index in [-0.39, 0.29) is 0 Å². The molecule has 0 spiro atoms. The van der Waals surface area contributed by atoms with Crippen LogP contribution in [-0.2, 0) is 0 Å². The van der Waals surface area contributed by atoms with Crippen molar-refractivity contribution in [3.05, 3.63) is 67.0 Å². The maximum absolute atomic E-state index is 11.5. The van der Waals surface area contributed by atoms with E-state index in [9.17, 15) is 9.90 Å². The van der Waals surface area contributed by atoms with Crippen molar-refractivity contribution >= 4 is 22.6 Å². The van der Waals surface area contributed by atoms with Crippen molar-refractivity contribution in [3.63, 3.8) is 0 Å². The molecule has 0 radical (unpaired) electrons. The number of carboxylic acid groups (broad SMARTS) is 1. The van der Waals surface area contributed by atoms with Gasteiger partial charge in [-0.3, -0.25) is 9.88 Å². The van der Waals surface area contributed by atoms with E-state index in [1.165, 1.54) is 0 Å². The summed E-state index contributed by atoms with van der Waals surface area (Å²) in [5, 5.41) is 15.7. The Morgan fingerprint density at radius 1 is 1.10 bits per heavy atom. The highest BCUT2D eigenvalue weighted by Crippen LogP contribution is 2.29. The third-order valence-corrected chi connectivity index (χ3v) is 4.71. The molecule has 0 saturated heterocycles. The van der Waals surface area contributed by atoms with Gasteiger partial charge in [0.15, 0.2) is 5.76 Å². The first-order chi connectivity index (χ1) is 14.1. The van der Waals surface area contributed by atoms with Gasteiger partial charge in [-0.2, -0.15) is 0 Å². The number of rotatable bonds is 4. The van der Waals surface area contributed by atoms with Crippen LogP contribution < -0.4 is 4.90 Å². The molecule has 6 heteroatoms. The zero-order valence-electron chi connectivity index (χ0n) is 15.6. The quantitative estimate of drug-likeness (QED) is 0.498. The van der Waals surface area contributed by atoms with Gasteiger partial charge < -0.3 is 9.63 Å². The Hall–Kier alpha value is -4.11. The van der Waals surface area contributed by atoms with Crippen molar-refractivity contribution in [2.75, 3.05) is 4.90 Å². The fraction of sp³-hybridized carbons (Fsp3) is 0.0870. The summed E-state index contributed by atoms with van der Waals surface area (Å²) >= 11 is 0. The van der Waals surface area contributed by atoms with Crippen LogP contribution in [0.3, 0.4) is 0 Å². The predicted molar refractivity (Wildman–Crippen MR) is 111 cm³/mol. The molecular formula is C23H17N3O3. The van der Waals surface area contributed by atoms with Crippen molar-refractivity contribution in [2.45, 2.75) is 13.0 Å². The van der Waals surface area contributed by atoms with Crippen LogP contribution in [0.25, 0.3) is 33.4 Å². The van der Waals surface area contributed by atoms with E-state index in [4.69, 9.17) is 10.9 Å². The Morgan fingerprint density at radius 3 is 2.59 bits per heavy atom. The molecule has 0 fully saturated rings. The number of nitrogens with zero attached hydrogens (tertiary/aromatic N) is 3. The first kappa shape index (κ1) is 18.3. The average Bonchev–Trinajstić information content (AvgIpc) is 3.24. The van der Waals surface area contributed by atoms with Crippen molar-refractivity contribution in [1.82, 2.24) is 10.1 Å². The van der Waals surface area contributed by atoms with Crippen molar-refractivity contribution < 1.29 is 14.4 Å². The second-order valence-electron chi connectivity index (χ2n) is 6.56. The van der Waals surface area contributed by atoms with E-state index in [2.05, 4.69) is 16.1 Å². The molecule has 4 aromatic rings. The van der Waals surface area contributed by atoms with Gasteiger partial charge in [-0.25, -0.2) is 4.79 Å². The zero-order valence-corrected chi connectivity index (χ0v) is 15.6. The average molecular weight is 383 g/mol. The Balaban J connectivity index is 1.62. The number of hydrogen-bond acceptors (Lipinski definition) is 4. The molecule has 1 atom stereocenters. The monoisotopic (exact) mass is 383 g/mol. The van der Waals surface area contributed by atoms with Crippen LogP contribution in [-0.4, -0.2) is 27.4 Å². The van der Waals surface area contributed by atoms with Gasteiger partial charge in [0.1, 0.15) is 5.69 Å². The summed E-state index contributed by atoms with van der Waals surface area (Å²) < 4.78 is 5.51. The zero-order chi connectivity index (χ0) is 20.4. The maximum atomic E-state index is 11.5. The number of benzene rings is 2. The van der Waals surface area contributed by atoms with E-state index in [1.807, 2.05) is 36.5 Å². The third kappa shape index (κ3) is 3.54. The van der Waals surface area contributed by atoms with E-state index < -0.39 is 12.1 Å². The van der Waals surface area contributed by atoms with Gasteiger partial charge >= 0.3 is 6.09 Å². The molecule has 29 heavy (non-hydrogen) atoms. The predicted octanol–water partition coefficient (Wildman–Crippen LogP) is 5.06. The van der Waals surface area contributed by atoms with Crippen LogP contribution in [0.5, 0.6) is 0 Å². The molecule has 0 saturated carbocycles. The SMILES string of the molecule is C#C[C@H](C)N(C(=O)O)c1ccc(-c2cc(-c3ccc4cnccc4c3)no2)cc1. The van der Waals surface area contributed by atoms with E-state index in [1.54, 1.807) is 37.4 Å². The Kier molecular flexibility index (Phi) is 4.71. The molecule has 2 aromatic heterocycles. The van der Waals surface area contributed by atoms with Crippen molar-refractivity contribution in [3.8, 4) is 34.9 Å². The molecule has 0 bridgehead atoms. The molecule has 2 heterocycles. The molecule has 0 aliphatic carbocycles. The van der Waals surface area contributed by atoms with Gasteiger partial charge in [0.05, 0.1) is 6.04 Å². The third-order valence-electron chi connectivity index (χ3n) is 4.71. The Bertz CT molecular complexity index is 1220. The van der Waals surface area contributed by atoms with Gasteiger partial charge in [-0.15, -0.1) is 6.42 Å². The summed E-state index contributed by atoms with van der Waals surface area (Å²) in [5.41, 5.74) is 2.94. The number of hydrogen-bond donors (Lipinski definition) is 1. The minimum Gasteiger partial charge on any atom is -0.465 e. The first-order valence-corrected chi connectivity index (χ1v) is 8.96. The van der Waals surface area contributed by atoms with E-state index in [0.717, 1.165) is 32.5 Å². The van der Waals surface area contributed by atoms with Crippen LogP contribution in [0.2, 0.25) is 0 Å². The lowest BCUT2D eigenvalue weighted by atomic mass is 10.1. The summed E-state index contributed by atoms with van der Waals surface area (Å²) in [5.74, 6) is 3.03. The first-order valence-electron chi connectivity index (χ1n) is 8.96. The van der Waals surface area contributed by atoms with Crippen LogP contribution in [0.15, 0.2) is 71.5 Å². The lowest BCUT2D eigenvalue weighted by Crippen LogP contribution is -2.36. The molecular weight excluding hydrogens is 366 g/mol. The molecule has 2 aromatic carbocycles. The molecule has 0 unspecified atom stereocenters. The topological polar surface area (TPSA) is 79.5 Å². The van der Waals surface area contributed by atoms with Crippen molar-refractivity contribution in [2.24, 2.45) is 0 Å². The highest BCUT2D eigenvalue weighted by atomic mass is 16.5. The summed E-state index contributed by atoms with van der Waals surface area (Å²) in [7, 11) is 0. The number of amides is 1. The standard InChI is InChI=1S/C23H17N3O3/c1-3-15(2)26(23(27)28)20-8-6-16(7-9-20)22-13-21(25-29-22)18-4-5-19-14-24-11-10-17(19)12-18/h1,4-15H,2H3,(H,27,28)/t15-/m0/s1. The normalized spacial score (nSPS) is 11.7. The van der Waals surface area contributed by atoms with Crippen LogP contribution in [0.4, 0.5) is 10.5 Å². The van der Waals surface area contributed by atoms with E-state index in [0.29, 0.717) is 11.4 Å². The minimum absolute atomic E-state index is 0.495. The van der Waals surface area contributed by atoms with Crippen LogP contribution >= 0.6 is 0 Å². The van der Waals surface area contributed by atoms with Gasteiger partial charge in [0, 0.05) is 40.7 Å². The number of pyridine rings is 1. The second-order valence-corrected chi connectivity index (χ2v) is 6.56. The molecule has 1 amide bonds. The van der Waals surface area contributed by atoms with Gasteiger partial charge in [-0.1, -0.05) is 23.2 Å². The van der Waals surface area contributed by atoms with E-state index >= 15 is 0 Å². The molecule has 4 rings (SSSR count). The lowest BCUT2D eigenvalue weighted by Gasteiger charge is -2.22. The Morgan fingerprint density at radius 2 is 1.86 bits per heavy atom. The van der Waals surface area contributed by atoms with Gasteiger partial charge in [0.2, 0.25) is 0 Å². The van der Waals surface area contributed by atoms with Crippen molar-refractivity contribution in [1.29, 1.82) is 0 Å². The number of aromatic nitrogens is 2. The number of fused-ring (bicyclic) bond motifs is 1. The van der Waals surface area contributed by atoms with Gasteiger partial charge in [-0.05, 0) is 48.7 Å². The summed E-state index contributed by atoms with van der Waals surface area (Å²) in [4.78, 5) is 16.8. The maximum Gasteiger partial charge on any atom is 0.412 e. The number of terminal acetylenes is 1. The molecule has 0 aliphatic heterocycles. The summed E-state index contributed by atoms with van der Waals surface area (Å²) in [6, 6.07) is 16.2. The highest BCUT2D eigenvalue weighted by Gasteiger charge is 2.20. The fourth-order valence-electron chi connectivity index (χ4n) is 3.15. The lowest BCUT2D eigenvalue weighted by molar-refractivity contribution is 0.201. The minimum atomic E-state index is -1.10. The van der Waals surface area contributed by atoms with Crippen LogP contribution in [0, 0.1) is 12.3 Å². The van der Waals surface area contributed by atoms with Crippen LogP contribution in [0.1, 0.15) is 6.92 Å². The number of anilines is 1. The highest BCUT2D eigenvalue weighted by molar-refractivity contribution is 5.88. The number of carbonyl (C=O) groups is 1. The smallest absolute Gasteiger partial charge is 0.412 e. The molecule has 1 N–H and O–H groups in total. The van der Waals surface area contributed by atoms with Gasteiger partial charge in [0.25, 0.3) is 0 Å². The molecule has 6 nitrogen and oxygen atoms in total. The summed E-state index contributed by atoms with van der Waals surface area (Å²) in [6.07, 6.45) is 7.85.